The lowest BCUT2D eigenvalue weighted by Crippen LogP contribution is -2.48. The van der Waals surface area contributed by atoms with E-state index in [1.807, 2.05) is 37.3 Å². The van der Waals surface area contributed by atoms with Gasteiger partial charge in [0.05, 0.1) is 12.1 Å². The fourth-order valence-electron chi connectivity index (χ4n) is 2.85. The molecule has 0 bridgehead atoms. The van der Waals surface area contributed by atoms with E-state index < -0.39 is 0 Å². The molecule has 120 valence electrons. The number of carbonyl (C=O) groups excluding carboxylic acids is 2. The Balaban J connectivity index is 1.80. The molecule has 0 saturated carbocycles. The molecule has 6 heteroatoms. The molecule has 0 radical (unpaired) electrons. The number of rotatable bonds is 3. The first kappa shape index (κ1) is 15.7. The number of nitrogens with two attached hydrogens (primary N) is 1. The highest BCUT2D eigenvalue weighted by Crippen LogP contribution is 2.28. The molecule has 3 rings (SSSR count). The van der Waals surface area contributed by atoms with Gasteiger partial charge >= 0.3 is 0 Å². The van der Waals surface area contributed by atoms with E-state index in [9.17, 15) is 9.59 Å². The average molecular weight is 329 g/mol. The number of aromatic nitrogens is 1. The molecule has 2 N–H and O–H groups in total. The normalized spacial score (nSPS) is 21.2. The van der Waals surface area contributed by atoms with Crippen molar-refractivity contribution in [2.75, 3.05) is 6.54 Å². The second-order valence-electron chi connectivity index (χ2n) is 5.88. The predicted molar refractivity (Wildman–Crippen MR) is 90.0 cm³/mol. The maximum Gasteiger partial charge on any atom is 0.265 e. The van der Waals surface area contributed by atoms with Gasteiger partial charge in [-0.2, -0.15) is 0 Å². The van der Waals surface area contributed by atoms with Crippen molar-refractivity contribution in [2.24, 2.45) is 11.7 Å². The number of carbonyl (C=O) groups is 2. The fraction of sp³-hybridized carbons (Fsp3) is 0.353. The van der Waals surface area contributed by atoms with Gasteiger partial charge in [-0.1, -0.05) is 30.3 Å². The van der Waals surface area contributed by atoms with Crippen LogP contribution < -0.4 is 5.73 Å². The summed E-state index contributed by atoms with van der Waals surface area (Å²) in [5.74, 6) is -0.649. The van der Waals surface area contributed by atoms with Crippen LogP contribution in [0.25, 0.3) is 10.6 Å². The van der Waals surface area contributed by atoms with Crippen LogP contribution in [0.15, 0.2) is 36.5 Å². The first-order chi connectivity index (χ1) is 11.1. The first-order valence-electron chi connectivity index (χ1n) is 7.68. The second kappa shape index (κ2) is 6.50. The van der Waals surface area contributed by atoms with E-state index in [0.29, 0.717) is 11.4 Å². The Kier molecular flexibility index (Phi) is 4.43. The molecule has 1 aromatic carbocycles. The van der Waals surface area contributed by atoms with Crippen molar-refractivity contribution in [2.45, 2.75) is 25.8 Å². The molecule has 2 atom stereocenters. The lowest BCUT2D eigenvalue weighted by Gasteiger charge is -2.36. The molecular formula is C17H19N3O2S. The maximum absolute atomic E-state index is 12.8. The molecule has 1 aliphatic heterocycles. The van der Waals surface area contributed by atoms with Crippen molar-refractivity contribution in [1.29, 1.82) is 0 Å². The molecule has 1 fully saturated rings. The first-order valence-corrected chi connectivity index (χ1v) is 8.49. The van der Waals surface area contributed by atoms with Gasteiger partial charge in [0, 0.05) is 18.2 Å². The zero-order valence-corrected chi connectivity index (χ0v) is 13.8. The van der Waals surface area contributed by atoms with Gasteiger partial charge in [0.1, 0.15) is 9.88 Å². The van der Waals surface area contributed by atoms with Gasteiger partial charge in [-0.05, 0) is 19.8 Å². The highest BCUT2D eigenvalue weighted by molar-refractivity contribution is 7.16. The third kappa shape index (κ3) is 3.27. The number of amides is 2. The number of likely N-dealkylation sites (tertiary alicyclic amines) is 1. The van der Waals surface area contributed by atoms with Crippen molar-refractivity contribution >= 4 is 23.2 Å². The minimum absolute atomic E-state index is 0.0665. The molecule has 2 amide bonds. The Morgan fingerprint density at radius 3 is 2.70 bits per heavy atom. The summed E-state index contributed by atoms with van der Waals surface area (Å²) in [6, 6.07) is 9.90. The zero-order chi connectivity index (χ0) is 16.4. The summed E-state index contributed by atoms with van der Waals surface area (Å²) >= 11 is 1.38. The van der Waals surface area contributed by atoms with E-state index in [0.717, 1.165) is 23.4 Å². The Hall–Kier alpha value is -2.21. The third-order valence-corrected chi connectivity index (χ3v) is 5.32. The van der Waals surface area contributed by atoms with Gasteiger partial charge in [0.2, 0.25) is 5.91 Å². The van der Waals surface area contributed by atoms with Crippen molar-refractivity contribution in [1.82, 2.24) is 9.88 Å². The number of nitrogens with zero attached hydrogens (tertiary/aromatic N) is 2. The largest absolute Gasteiger partial charge is 0.369 e. The van der Waals surface area contributed by atoms with E-state index in [-0.39, 0.29) is 23.8 Å². The van der Waals surface area contributed by atoms with E-state index in [1.165, 1.54) is 11.3 Å². The maximum atomic E-state index is 12.8. The lowest BCUT2D eigenvalue weighted by molar-refractivity contribution is -0.123. The van der Waals surface area contributed by atoms with E-state index in [1.54, 1.807) is 11.1 Å². The fourth-order valence-corrected chi connectivity index (χ4v) is 3.73. The van der Waals surface area contributed by atoms with Gasteiger partial charge in [0.25, 0.3) is 5.91 Å². The number of piperidine rings is 1. The summed E-state index contributed by atoms with van der Waals surface area (Å²) in [5.41, 5.74) is 6.41. The van der Waals surface area contributed by atoms with Gasteiger partial charge < -0.3 is 10.6 Å². The predicted octanol–water partition coefficient (Wildman–Crippen LogP) is 2.54. The summed E-state index contributed by atoms with van der Waals surface area (Å²) in [4.78, 5) is 30.9. The zero-order valence-electron chi connectivity index (χ0n) is 12.9. The minimum Gasteiger partial charge on any atom is -0.369 e. The minimum atomic E-state index is -0.330. The van der Waals surface area contributed by atoms with Crippen LogP contribution in [0.3, 0.4) is 0 Å². The van der Waals surface area contributed by atoms with Gasteiger partial charge in [0.15, 0.2) is 0 Å². The molecule has 0 spiro atoms. The van der Waals surface area contributed by atoms with Crippen LogP contribution in [-0.4, -0.2) is 34.3 Å². The summed E-state index contributed by atoms with van der Waals surface area (Å²) in [6.07, 6.45) is 3.16. The van der Waals surface area contributed by atoms with Crippen molar-refractivity contribution in [3.63, 3.8) is 0 Å². The Bertz CT molecular complexity index is 714. The second-order valence-corrected chi connectivity index (χ2v) is 6.91. The average Bonchev–Trinajstić information content (AvgIpc) is 3.05. The molecule has 2 heterocycles. The van der Waals surface area contributed by atoms with Crippen LogP contribution in [0.2, 0.25) is 0 Å². The lowest BCUT2D eigenvalue weighted by atomic mass is 9.93. The summed E-state index contributed by atoms with van der Waals surface area (Å²) < 4.78 is 0. The monoisotopic (exact) mass is 329 g/mol. The van der Waals surface area contributed by atoms with Crippen LogP contribution >= 0.6 is 11.3 Å². The number of thiazole rings is 1. The Labute approximate surface area is 139 Å². The Morgan fingerprint density at radius 1 is 1.26 bits per heavy atom. The molecule has 2 aromatic rings. The summed E-state index contributed by atoms with van der Waals surface area (Å²) in [5, 5.41) is 0.824. The summed E-state index contributed by atoms with van der Waals surface area (Å²) in [6.45, 7) is 2.40. The SMILES string of the molecule is CC1CCC(C(N)=O)CN1C(=O)c1cnc(-c2ccccc2)s1. The quantitative estimate of drug-likeness (QED) is 0.940. The highest BCUT2D eigenvalue weighted by Gasteiger charge is 2.32. The molecule has 5 nitrogen and oxygen atoms in total. The molecule has 2 unspecified atom stereocenters. The standard InChI is InChI=1S/C17H19N3O2S/c1-11-7-8-13(15(18)21)10-20(11)17(22)14-9-19-16(23-14)12-5-3-2-4-6-12/h2-6,9,11,13H,7-8,10H2,1H3,(H2,18,21). The van der Waals surface area contributed by atoms with Gasteiger partial charge in [-0.3, -0.25) is 9.59 Å². The molecule has 0 aliphatic carbocycles. The third-order valence-electron chi connectivity index (χ3n) is 4.28. The number of primary amides is 1. The number of benzene rings is 1. The summed E-state index contributed by atoms with van der Waals surface area (Å²) in [7, 11) is 0. The Morgan fingerprint density at radius 2 is 2.00 bits per heavy atom. The van der Waals surface area contributed by atoms with Crippen LogP contribution in [-0.2, 0) is 4.79 Å². The van der Waals surface area contributed by atoms with Crippen molar-refractivity contribution in [3.8, 4) is 10.6 Å². The van der Waals surface area contributed by atoms with E-state index in [4.69, 9.17) is 5.73 Å². The smallest absolute Gasteiger partial charge is 0.265 e. The number of hydrogen-bond acceptors (Lipinski definition) is 4. The van der Waals surface area contributed by atoms with Gasteiger partial charge in [-0.15, -0.1) is 11.3 Å². The molecule has 1 aromatic heterocycles. The van der Waals surface area contributed by atoms with Gasteiger partial charge in [-0.25, -0.2) is 4.98 Å². The van der Waals surface area contributed by atoms with Crippen LogP contribution in [0.5, 0.6) is 0 Å². The number of hydrogen-bond donors (Lipinski definition) is 1. The molecule has 1 saturated heterocycles. The highest BCUT2D eigenvalue weighted by atomic mass is 32.1. The van der Waals surface area contributed by atoms with Crippen LogP contribution in [0, 0.1) is 5.92 Å². The van der Waals surface area contributed by atoms with Crippen molar-refractivity contribution in [3.05, 3.63) is 41.4 Å². The molecular weight excluding hydrogens is 310 g/mol. The van der Waals surface area contributed by atoms with Crippen molar-refractivity contribution < 1.29 is 9.59 Å². The van der Waals surface area contributed by atoms with Crippen LogP contribution in [0.1, 0.15) is 29.4 Å². The topological polar surface area (TPSA) is 76.3 Å². The van der Waals surface area contributed by atoms with E-state index in [2.05, 4.69) is 4.98 Å². The van der Waals surface area contributed by atoms with Crippen LogP contribution in [0.4, 0.5) is 0 Å². The molecule has 23 heavy (non-hydrogen) atoms. The molecule has 1 aliphatic rings. The van der Waals surface area contributed by atoms with E-state index >= 15 is 0 Å².